The Labute approximate surface area is 145 Å². The van der Waals surface area contributed by atoms with Crippen LogP contribution in [0.3, 0.4) is 0 Å². The van der Waals surface area contributed by atoms with Crippen molar-refractivity contribution in [2.75, 3.05) is 5.32 Å². The first-order valence-corrected chi connectivity index (χ1v) is 7.70. The van der Waals surface area contributed by atoms with Crippen LogP contribution in [0.5, 0.6) is 11.6 Å². The smallest absolute Gasteiger partial charge is 0.224 e. The number of nitrogens with one attached hydrogen (secondary N) is 1. The summed E-state index contributed by atoms with van der Waals surface area (Å²) in [4.78, 5) is 8.49. The second-order valence-electron chi connectivity index (χ2n) is 5.22. The van der Waals surface area contributed by atoms with Crippen LogP contribution >= 0.6 is 0 Å². The van der Waals surface area contributed by atoms with Crippen molar-refractivity contribution in [1.82, 2.24) is 4.98 Å². The second-order valence-corrected chi connectivity index (χ2v) is 5.22. The van der Waals surface area contributed by atoms with Gasteiger partial charge in [0.15, 0.2) is 5.96 Å². The van der Waals surface area contributed by atoms with Gasteiger partial charge in [0.25, 0.3) is 0 Å². The highest BCUT2D eigenvalue weighted by molar-refractivity contribution is 5.92. The zero-order valence-corrected chi connectivity index (χ0v) is 13.4. The summed E-state index contributed by atoms with van der Waals surface area (Å²) in [5.41, 5.74) is 7.50. The molecule has 6 heteroatoms. The van der Waals surface area contributed by atoms with Crippen LogP contribution in [0.1, 0.15) is 5.56 Å². The van der Waals surface area contributed by atoms with Gasteiger partial charge in [-0.2, -0.15) is 0 Å². The Kier molecular flexibility index (Phi) is 5.21. The maximum absolute atomic E-state index is 13.3. The largest absolute Gasteiger partial charge is 0.439 e. The summed E-state index contributed by atoms with van der Waals surface area (Å²) in [5.74, 6) is 0.653. The summed E-state index contributed by atoms with van der Waals surface area (Å²) in [6.45, 7) is 0.282. The second kappa shape index (κ2) is 7.92. The average Bonchev–Trinajstić information content (AvgIpc) is 2.62. The molecule has 0 unspecified atom stereocenters. The molecule has 3 aromatic rings. The van der Waals surface area contributed by atoms with E-state index in [2.05, 4.69) is 15.3 Å². The minimum atomic E-state index is -0.371. The molecule has 3 N–H and O–H groups in total. The molecule has 126 valence electrons. The molecule has 0 saturated carbocycles. The van der Waals surface area contributed by atoms with Crippen molar-refractivity contribution >= 4 is 11.6 Å². The molecular formula is C19H17FN4O. The number of halogens is 1. The topological polar surface area (TPSA) is 72.5 Å². The average molecular weight is 336 g/mol. The van der Waals surface area contributed by atoms with Crippen molar-refractivity contribution < 1.29 is 9.13 Å². The molecule has 3 rings (SSSR count). The van der Waals surface area contributed by atoms with Gasteiger partial charge in [0.1, 0.15) is 11.6 Å². The lowest BCUT2D eigenvalue weighted by atomic mass is 10.2. The lowest BCUT2D eigenvalue weighted by molar-refractivity contribution is 0.452. The Bertz CT molecular complexity index is 868. The van der Waals surface area contributed by atoms with E-state index in [-0.39, 0.29) is 18.3 Å². The first kappa shape index (κ1) is 16.4. The number of pyridine rings is 1. The number of ether oxygens (including phenoxy) is 1. The molecule has 0 aliphatic heterocycles. The summed E-state index contributed by atoms with van der Waals surface area (Å²) in [6.07, 6.45) is 1.60. The van der Waals surface area contributed by atoms with Crippen molar-refractivity contribution in [2.45, 2.75) is 6.54 Å². The maximum atomic E-state index is 13.3. The van der Waals surface area contributed by atoms with Crippen molar-refractivity contribution in [3.63, 3.8) is 0 Å². The van der Waals surface area contributed by atoms with Crippen LogP contribution in [0, 0.1) is 5.82 Å². The number of guanidine groups is 1. The number of hydrogen-bond acceptors (Lipinski definition) is 3. The van der Waals surface area contributed by atoms with Crippen LogP contribution in [-0.2, 0) is 6.54 Å². The molecule has 0 aliphatic carbocycles. The lowest BCUT2D eigenvalue weighted by Crippen LogP contribution is -2.22. The van der Waals surface area contributed by atoms with Gasteiger partial charge in [-0.15, -0.1) is 0 Å². The summed E-state index contributed by atoms with van der Waals surface area (Å²) >= 11 is 0. The van der Waals surface area contributed by atoms with Crippen molar-refractivity contribution in [2.24, 2.45) is 10.7 Å². The van der Waals surface area contributed by atoms with E-state index >= 15 is 0 Å². The standard InChI is InChI=1S/C19H17FN4O/c20-15-7-4-10-17(12-15)25-18-14(6-5-11-22-18)13-23-19(21)24-16-8-2-1-3-9-16/h1-12H,13H2,(H3,21,23,24). The SMILES string of the molecule is NC(=NCc1cccnc1Oc1cccc(F)c1)Nc1ccccc1. The molecule has 1 heterocycles. The Morgan fingerprint density at radius 1 is 1.08 bits per heavy atom. The molecule has 5 nitrogen and oxygen atoms in total. The summed E-state index contributed by atoms with van der Waals surface area (Å²) < 4.78 is 18.9. The molecule has 25 heavy (non-hydrogen) atoms. The Hall–Kier alpha value is -3.41. The number of anilines is 1. The van der Waals surface area contributed by atoms with Gasteiger partial charge in [0.05, 0.1) is 6.54 Å². The number of aromatic nitrogens is 1. The van der Waals surface area contributed by atoms with Crippen LogP contribution in [0.2, 0.25) is 0 Å². The first-order valence-electron chi connectivity index (χ1n) is 7.70. The summed E-state index contributed by atoms with van der Waals surface area (Å²) in [7, 11) is 0. The van der Waals surface area contributed by atoms with Crippen LogP contribution in [0.15, 0.2) is 77.9 Å². The summed E-state index contributed by atoms with van der Waals surface area (Å²) in [6, 6.07) is 19.0. The van der Waals surface area contributed by atoms with Gasteiger partial charge in [-0.3, -0.25) is 0 Å². The Morgan fingerprint density at radius 2 is 1.92 bits per heavy atom. The van der Waals surface area contributed by atoms with E-state index < -0.39 is 0 Å². The van der Waals surface area contributed by atoms with Crippen molar-refractivity contribution in [3.8, 4) is 11.6 Å². The van der Waals surface area contributed by atoms with Crippen LogP contribution < -0.4 is 15.8 Å². The molecule has 0 spiro atoms. The van der Waals surface area contributed by atoms with Crippen molar-refractivity contribution in [1.29, 1.82) is 0 Å². The fourth-order valence-corrected chi connectivity index (χ4v) is 2.16. The van der Waals surface area contributed by atoms with E-state index in [1.807, 2.05) is 36.4 Å². The highest BCUT2D eigenvalue weighted by atomic mass is 19.1. The number of nitrogens with zero attached hydrogens (tertiary/aromatic N) is 2. The van der Waals surface area contributed by atoms with E-state index in [0.717, 1.165) is 11.3 Å². The monoisotopic (exact) mass is 336 g/mol. The van der Waals surface area contributed by atoms with Crippen LogP contribution in [-0.4, -0.2) is 10.9 Å². The van der Waals surface area contributed by atoms with E-state index in [0.29, 0.717) is 11.6 Å². The molecule has 0 bridgehead atoms. The van der Waals surface area contributed by atoms with Crippen molar-refractivity contribution in [3.05, 3.63) is 84.3 Å². The molecular weight excluding hydrogens is 319 g/mol. The quantitative estimate of drug-likeness (QED) is 0.547. The zero-order chi connectivity index (χ0) is 17.5. The predicted octanol–water partition coefficient (Wildman–Crippen LogP) is 3.94. The highest BCUT2D eigenvalue weighted by Gasteiger charge is 2.07. The third kappa shape index (κ3) is 4.78. The van der Waals surface area contributed by atoms with Gasteiger partial charge in [0, 0.05) is 23.5 Å². The molecule has 0 aliphatic rings. The van der Waals surface area contributed by atoms with Gasteiger partial charge in [-0.05, 0) is 30.3 Å². The van der Waals surface area contributed by atoms with Crippen LogP contribution in [0.4, 0.5) is 10.1 Å². The van der Waals surface area contributed by atoms with Gasteiger partial charge in [0.2, 0.25) is 5.88 Å². The zero-order valence-electron chi connectivity index (χ0n) is 13.4. The maximum Gasteiger partial charge on any atom is 0.224 e. The van der Waals surface area contributed by atoms with Gasteiger partial charge >= 0.3 is 0 Å². The van der Waals surface area contributed by atoms with Gasteiger partial charge in [-0.25, -0.2) is 14.4 Å². The fraction of sp³-hybridized carbons (Fsp3) is 0.0526. The van der Waals surface area contributed by atoms with Gasteiger partial charge < -0.3 is 15.8 Å². The lowest BCUT2D eigenvalue weighted by Gasteiger charge is -2.09. The minimum absolute atomic E-state index is 0.282. The van der Waals surface area contributed by atoms with E-state index in [1.165, 1.54) is 12.1 Å². The Morgan fingerprint density at radius 3 is 2.72 bits per heavy atom. The number of benzene rings is 2. The third-order valence-electron chi connectivity index (χ3n) is 3.33. The number of para-hydroxylation sites is 1. The first-order chi connectivity index (χ1) is 12.2. The normalized spacial score (nSPS) is 11.2. The van der Waals surface area contributed by atoms with E-state index in [9.17, 15) is 4.39 Å². The number of rotatable bonds is 5. The molecule has 0 fully saturated rings. The highest BCUT2D eigenvalue weighted by Crippen LogP contribution is 2.23. The molecule has 1 aromatic heterocycles. The molecule has 0 amide bonds. The molecule has 2 aromatic carbocycles. The van der Waals surface area contributed by atoms with Gasteiger partial charge in [-0.1, -0.05) is 30.3 Å². The predicted molar refractivity (Wildman–Crippen MR) is 96.1 cm³/mol. The molecule has 0 saturated heterocycles. The number of nitrogens with two attached hydrogens (primary N) is 1. The van der Waals surface area contributed by atoms with E-state index in [4.69, 9.17) is 10.5 Å². The number of aliphatic imine (C=N–C) groups is 1. The fourth-order valence-electron chi connectivity index (χ4n) is 2.16. The molecule has 0 atom stereocenters. The third-order valence-corrected chi connectivity index (χ3v) is 3.33. The Balaban J connectivity index is 1.71. The van der Waals surface area contributed by atoms with E-state index in [1.54, 1.807) is 24.4 Å². The molecule has 0 radical (unpaired) electrons. The minimum Gasteiger partial charge on any atom is -0.439 e. The van der Waals surface area contributed by atoms with Crippen LogP contribution in [0.25, 0.3) is 0 Å². The number of hydrogen-bond donors (Lipinski definition) is 2. The summed E-state index contributed by atoms with van der Waals surface area (Å²) in [5, 5.41) is 3.01.